The molecule has 4 nitrogen and oxygen atoms in total. The first-order chi connectivity index (χ1) is 7.31. The molecule has 4 heteroatoms. The number of hydrogen-bond acceptors (Lipinski definition) is 4. The standard InChI is InChI=1S/C11H13N3O/c12-7-11(15)9-2-1-3-10(6-9)14-5-4-13-8-14/h1-3,6,8H,4-5,7,12H2. The fourth-order valence-corrected chi connectivity index (χ4v) is 1.55. The smallest absolute Gasteiger partial charge is 0.176 e. The van der Waals surface area contributed by atoms with Crippen molar-refractivity contribution in [3.8, 4) is 0 Å². The van der Waals surface area contributed by atoms with E-state index in [4.69, 9.17) is 5.73 Å². The van der Waals surface area contributed by atoms with E-state index in [0.29, 0.717) is 5.56 Å². The minimum Gasteiger partial charge on any atom is -0.331 e. The van der Waals surface area contributed by atoms with Gasteiger partial charge in [-0.3, -0.25) is 9.79 Å². The van der Waals surface area contributed by atoms with Crippen molar-refractivity contribution in [2.75, 3.05) is 24.5 Å². The monoisotopic (exact) mass is 203 g/mol. The van der Waals surface area contributed by atoms with Gasteiger partial charge in [0.15, 0.2) is 5.78 Å². The Morgan fingerprint density at radius 2 is 2.40 bits per heavy atom. The fourth-order valence-electron chi connectivity index (χ4n) is 1.55. The number of Topliss-reactive ketones (excluding diaryl/α,β-unsaturated/α-hetero) is 1. The number of rotatable bonds is 3. The molecule has 1 aromatic rings. The number of nitrogens with two attached hydrogens (primary N) is 1. The molecule has 0 radical (unpaired) electrons. The molecule has 2 N–H and O–H groups in total. The maximum absolute atomic E-state index is 11.4. The molecule has 0 fully saturated rings. The lowest BCUT2D eigenvalue weighted by Gasteiger charge is -2.14. The van der Waals surface area contributed by atoms with Gasteiger partial charge in [0, 0.05) is 17.8 Å². The number of ketones is 1. The van der Waals surface area contributed by atoms with E-state index in [0.717, 1.165) is 18.8 Å². The van der Waals surface area contributed by atoms with E-state index in [9.17, 15) is 4.79 Å². The van der Waals surface area contributed by atoms with Crippen LogP contribution in [-0.4, -0.2) is 31.8 Å². The van der Waals surface area contributed by atoms with Crippen LogP contribution in [0, 0.1) is 0 Å². The molecule has 1 aliphatic rings. The molecule has 1 aliphatic heterocycles. The Balaban J connectivity index is 2.25. The number of anilines is 1. The molecule has 0 atom stereocenters. The molecule has 1 heterocycles. The summed E-state index contributed by atoms with van der Waals surface area (Å²) in [4.78, 5) is 17.6. The van der Waals surface area contributed by atoms with Gasteiger partial charge in [-0.05, 0) is 12.1 Å². The minimum atomic E-state index is -0.0343. The Hall–Kier alpha value is -1.68. The summed E-state index contributed by atoms with van der Waals surface area (Å²) in [5.74, 6) is -0.0343. The largest absolute Gasteiger partial charge is 0.331 e. The highest BCUT2D eigenvalue weighted by Crippen LogP contribution is 2.16. The third-order valence-corrected chi connectivity index (χ3v) is 2.38. The van der Waals surface area contributed by atoms with Gasteiger partial charge in [0.1, 0.15) is 0 Å². The summed E-state index contributed by atoms with van der Waals surface area (Å²) in [6, 6.07) is 7.47. The van der Waals surface area contributed by atoms with Crippen molar-refractivity contribution < 1.29 is 4.79 Å². The average Bonchev–Trinajstić information content (AvgIpc) is 2.82. The molecular weight excluding hydrogens is 190 g/mol. The SMILES string of the molecule is NCC(=O)c1cccc(N2C=NCC2)c1. The number of benzene rings is 1. The third-order valence-electron chi connectivity index (χ3n) is 2.38. The van der Waals surface area contributed by atoms with E-state index in [1.54, 1.807) is 12.4 Å². The zero-order valence-corrected chi connectivity index (χ0v) is 8.39. The van der Waals surface area contributed by atoms with Crippen LogP contribution < -0.4 is 10.6 Å². The summed E-state index contributed by atoms with van der Waals surface area (Å²) < 4.78 is 0. The van der Waals surface area contributed by atoms with Crippen LogP contribution in [0.1, 0.15) is 10.4 Å². The zero-order chi connectivity index (χ0) is 10.7. The van der Waals surface area contributed by atoms with Crippen molar-refractivity contribution in [3.05, 3.63) is 29.8 Å². The summed E-state index contributed by atoms with van der Waals surface area (Å²) >= 11 is 0. The van der Waals surface area contributed by atoms with Crippen molar-refractivity contribution in [1.82, 2.24) is 0 Å². The maximum Gasteiger partial charge on any atom is 0.176 e. The summed E-state index contributed by atoms with van der Waals surface area (Å²) in [6.07, 6.45) is 1.80. The van der Waals surface area contributed by atoms with E-state index in [1.807, 2.05) is 23.1 Å². The molecule has 0 aromatic heterocycles. The van der Waals surface area contributed by atoms with Gasteiger partial charge in [0.25, 0.3) is 0 Å². The second-order valence-electron chi connectivity index (χ2n) is 3.39. The highest BCUT2D eigenvalue weighted by Gasteiger charge is 2.10. The molecule has 0 spiro atoms. The minimum absolute atomic E-state index is 0.0343. The van der Waals surface area contributed by atoms with Crippen LogP contribution in [0.25, 0.3) is 0 Å². The van der Waals surface area contributed by atoms with Crippen LogP contribution in [0.4, 0.5) is 5.69 Å². The molecular formula is C11H13N3O. The van der Waals surface area contributed by atoms with Gasteiger partial charge in [-0.25, -0.2) is 0 Å². The van der Waals surface area contributed by atoms with Gasteiger partial charge in [0.05, 0.1) is 19.4 Å². The van der Waals surface area contributed by atoms with Crippen LogP contribution >= 0.6 is 0 Å². The summed E-state index contributed by atoms with van der Waals surface area (Å²) in [5, 5.41) is 0. The average molecular weight is 203 g/mol. The van der Waals surface area contributed by atoms with Crippen LogP contribution in [0.5, 0.6) is 0 Å². The predicted molar refractivity (Wildman–Crippen MR) is 60.5 cm³/mol. The molecule has 1 aromatic carbocycles. The highest BCUT2D eigenvalue weighted by molar-refractivity contribution is 5.98. The van der Waals surface area contributed by atoms with Gasteiger partial charge >= 0.3 is 0 Å². The topological polar surface area (TPSA) is 58.7 Å². The van der Waals surface area contributed by atoms with Gasteiger partial charge in [0.2, 0.25) is 0 Å². The highest BCUT2D eigenvalue weighted by atomic mass is 16.1. The third kappa shape index (κ3) is 2.05. The van der Waals surface area contributed by atoms with Crippen LogP contribution in [-0.2, 0) is 0 Å². The molecule has 0 aliphatic carbocycles. The van der Waals surface area contributed by atoms with E-state index in [-0.39, 0.29) is 12.3 Å². The number of aliphatic imine (C=N–C) groups is 1. The maximum atomic E-state index is 11.4. The Kier molecular flexibility index (Phi) is 2.78. The first-order valence-corrected chi connectivity index (χ1v) is 4.91. The first kappa shape index (κ1) is 9.86. The van der Waals surface area contributed by atoms with Gasteiger partial charge in [-0.15, -0.1) is 0 Å². The number of nitrogens with zero attached hydrogens (tertiary/aromatic N) is 2. The van der Waals surface area contributed by atoms with Crippen molar-refractivity contribution in [2.24, 2.45) is 10.7 Å². The Labute approximate surface area is 88.4 Å². The normalized spacial score (nSPS) is 14.6. The van der Waals surface area contributed by atoms with E-state index >= 15 is 0 Å². The number of carbonyl (C=O) groups excluding carboxylic acids is 1. The van der Waals surface area contributed by atoms with Crippen molar-refractivity contribution in [1.29, 1.82) is 0 Å². The molecule has 0 saturated carbocycles. The number of hydrogen-bond donors (Lipinski definition) is 1. The Morgan fingerprint density at radius 3 is 3.07 bits per heavy atom. The molecule has 2 rings (SSSR count). The summed E-state index contributed by atoms with van der Waals surface area (Å²) in [6.45, 7) is 1.74. The van der Waals surface area contributed by atoms with Gasteiger partial charge in [-0.2, -0.15) is 0 Å². The lowest BCUT2D eigenvalue weighted by Crippen LogP contribution is -2.19. The Bertz CT molecular complexity index is 401. The molecule has 78 valence electrons. The van der Waals surface area contributed by atoms with Gasteiger partial charge in [-0.1, -0.05) is 12.1 Å². The first-order valence-electron chi connectivity index (χ1n) is 4.91. The van der Waals surface area contributed by atoms with E-state index < -0.39 is 0 Å². The predicted octanol–water partition coefficient (Wildman–Crippen LogP) is 0.676. The summed E-state index contributed by atoms with van der Waals surface area (Å²) in [7, 11) is 0. The van der Waals surface area contributed by atoms with Crippen LogP contribution in [0.2, 0.25) is 0 Å². The van der Waals surface area contributed by atoms with E-state index in [2.05, 4.69) is 4.99 Å². The van der Waals surface area contributed by atoms with Crippen LogP contribution in [0.3, 0.4) is 0 Å². The number of carbonyl (C=O) groups is 1. The van der Waals surface area contributed by atoms with Crippen molar-refractivity contribution in [2.45, 2.75) is 0 Å². The van der Waals surface area contributed by atoms with Crippen molar-refractivity contribution in [3.63, 3.8) is 0 Å². The molecule has 0 saturated heterocycles. The van der Waals surface area contributed by atoms with Crippen LogP contribution in [0.15, 0.2) is 29.3 Å². The lowest BCUT2D eigenvalue weighted by molar-refractivity contribution is 0.100. The lowest BCUT2D eigenvalue weighted by atomic mass is 10.1. The Morgan fingerprint density at radius 1 is 1.53 bits per heavy atom. The van der Waals surface area contributed by atoms with E-state index in [1.165, 1.54) is 0 Å². The van der Waals surface area contributed by atoms with Crippen molar-refractivity contribution >= 4 is 17.8 Å². The molecule has 0 unspecified atom stereocenters. The quantitative estimate of drug-likeness (QED) is 0.735. The fraction of sp³-hybridized carbons (Fsp3) is 0.273. The molecule has 0 bridgehead atoms. The van der Waals surface area contributed by atoms with Gasteiger partial charge < -0.3 is 10.6 Å². The zero-order valence-electron chi connectivity index (χ0n) is 8.39. The molecule has 0 amide bonds. The summed E-state index contributed by atoms with van der Waals surface area (Å²) in [5.41, 5.74) is 6.98. The second-order valence-corrected chi connectivity index (χ2v) is 3.39. The second kappa shape index (κ2) is 4.23. The molecule has 15 heavy (non-hydrogen) atoms.